The summed E-state index contributed by atoms with van der Waals surface area (Å²) < 4.78 is 0. The molecule has 2 aromatic carbocycles. The highest BCUT2D eigenvalue weighted by Crippen LogP contribution is 2.10. The summed E-state index contributed by atoms with van der Waals surface area (Å²) in [6, 6.07) is 15.1. The molecule has 0 aliphatic heterocycles. The smallest absolute Gasteiger partial charge is 0.275 e. The minimum absolute atomic E-state index is 0.0199. The lowest BCUT2D eigenvalue weighted by molar-refractivity contribution is -0.885. The lowest BCUT2D eigenvalue weighted by atomic mass is 10.1. The standard InChI is InChI=1S/C20H24ClN3O2/c1-22-20(26)17-8-6-16(7-9-17)13-24(2)14-19(25)23-11-10-15-4-3-5-18(21)12-15/h3-9,12H,10-11,13-14H2,1-2H3,(H,22,26)(H,23,25)/p+1. The molecule has 1 atom stereocenters. The Morgan fingerprint density at radius 3 is 2.46 bits per heavy atom. The van der Waals surface area contributed by atoms with Crippen molar-refractivity contribution in [1.82, 2.24) is 10.6 Å². The van der Waals surface area contributed by atoms with Gasteiger partial charge in [0.25, 0.3) is 11.8 Å². The van der Waals surface area contributed by atoms with Gasteiger partial charge in [0, 0.05) is 29.7 Å². The van der Waals surface area contributed by atoms with Crippen molar-refractivity contribution >= 4 is 23.4 Å². The molecule has 138 valence electrons. The molecule has 2 rings (SSSR count). The molecule has 0 saturated heterocycles. The summed E-state index contributed by atoms with van der Waals surface area (Å²) in [5.74, 6) is -0.0807. The minimum atomic E-state index is -0.101. The van der Waals surface area contributed by atoms with Crippen molar-refractivity contribution in [3.8, 4) is 0 Å². The average Bonchev–Trinajstić information content (AvgIpc) is 2.61. The van der Waals surface area contributed by atoms with Gasteiger partial charge < -0.3 is 15.5 Å². The predicted molar refractivity (Wildman–Crippen MR) is 103 cm³/mol. The summed E-state index contributed by atoms with van der Waals surface area (Å²) in [4.78, 5) is 24.7. The second kappa shape index (κ2) is 9.94. The zero-order valence-electron chi connectivity index (χ0n) is 15.1. The second-order valence-corrected chi connectivity index (χ2v) is 6.75. The molecule has 0 radical (unpaired) electrons. The van der Waals surface area contributed by atoms with Crippen LogP contribution >= 0.6 is 11.6 Å². The lowest BCUT2D eigenvalue weighted by Gasteiger charge is -2.14. The van der Waals surface area contributed by atoms with Crippen LogP contribution in [0.2, 0.25) is 5.02 Å². The number of halogens is 1. The van der Waals surface area contributed by atoms with Crippen LogP contribution in [0.4, 0.5) is 0 Å². The Kier molecular flexibility index (Phi) is 7.63. The molecule has 3 N–H and O–H groups in total. The molecule has 1 unspecified atom stereocenters. The van der Waals surface area contributed by atoms with Crippen LogP contribution in [0.25, 0.3) is 0 Å². The van der Waals surface area contributed by atoms with E-state index in [9.17, 15) is 9.59 Å². The van der Waals surface area contributed by atoms with Gasteiger partial charge in [0.2, 0.25) is 0 Å². The molecule has 0 aliphatic rings. The molecule has 0 aromatic heterocycles. The van der Waals surface area contributed by atoms with Gasteiger partial charge in [-0.15, -0.1) is 0 Å². The number of hydrogen-bond acceptors (Lipinski definition) is 2. The van der Waals surface area contributed by atoms with Gasteiger partial charge in [0.05, 0.1) is 7.05 Å². The van der Waals surface area contributed by atoms with Gasteiger partial charge in [0.15, 0.2) is 6.54 Å². The van der Waals surface area contributed by atoms with Crippen molar-refractivity contribution in [2.45, 2.75) is 13.0 Å². The van der Waals surface area contributed by atoms with E-state index in [4.69, 9.17) is 11.6 Å². The Morgan fingerprint density at radius 2 is 1.81 bits per heavy atom. The van der Waals surface area contributed by atoms with E-state index in [0.29, 0.717) is 23.7 Å². The van der Waals surface area contributed by atoms with Gasteiger partial charge in [-0.25, -0.2) is 0 Å². The highest BCUT2D eigenvalue weighted by atomic mass is 35.5. The first-order chi connectivity index (χ1) is 12.5. The molecule has 5 nitrogen and oxygen atoms in total. The molecule has 0 spiro atoms. The minimum Gasteiger partial charge on any atom is -0.355 e. The largest absolute Gasteiger partial charge is 0.355 e. The van der Waals surface area contributed by atoms with Crippen LogP contribution in [0.5, 0.6) is 0 Å². The maximum atomic E-state index is 12.1. The van der Waals surface area contributed by atoms with Gasteiger partial charge in [-0.05, 0) is 36.2 Å². The monoisotopic (exact) mass is 374 g/mol. The van der Waals surface area contributed by atoms with Crippen molar-refractivity contribution < 1.29 is 14.5 Å². The summed E-state index contributed by atoms with van der Waals surface area (Å²) in [5, 5.41) is 6.25. The Balaban J connectivity index is 1.73. The SMILES string of the molecule is CNC(=O)c1ccc(C[NH+](C)CC(=O)NCCc2cccc(Cl)c2)cc1. The molecule has 26 heavy (non-hydrogen) atoms. The van der Waals surface area contributed by atoms with E-state index in [2.05, 4.69) is 10.6 Å². The molecule has 0 bridgehead atoms. The van der Waals surface area contributed by atoms with E-state index < -0.39 is 0 Å². The number of benzene rings is 2. The first-order valence-electron chi connectivity index (χ1n) is 8.61. The molecule has 0 heterocycles. The molecular formula is C20H25ClN3O2+. The quantitative estimate of drug-likeness (QED) is 0.647. The topological polar surface area (TPSA) is 62.6 Å². The number of rotatable bonds is 8. The molecule has 2 aromatic rings. The maximum absolute atomic E-state index is 12.1. The van der Waals surface area contributed by atoms with Gasteiger partial charge >= 0.3 is 0 Å². The van der Waals surface area contributed by atoms with Crippen LogP contribution in [0.1, 0.15) is 21.5 Å². The van der Waals surface area contributed by atoms with Crippen LogP contribution < -0.4 is 15.5 Å². The average molecular weight is 375 g/mol. The highest BCUT2D eigenvalue weighted by molar-refractivity contribution is 6.30. The van der Waals surface area contributed by atoms with Crippen molar-refractivity contribution in [2.24, 2.45) is 0 Å². The van der Waals surface area contributed by atoms with E-state index in [1.807, 2.05) is 43.4 Å². The van der Waals surface area contributed by atoms with E-state index in [0.717, 1.165) is 29.0 Å². The van der Waals surface area contributed by atoms with E-state index in [1.165, 1.54) is 0 Å². The molecule has 0 fully saturated rings. The molecule has 6 heteroatoms. The Morgan fingerprint density at radius 1 is 1.08 bits per heavy atom. The first kappa shape index (κ1) is 19.9. The summed E-state index contributed by atoms with van der Waals surface area (Å²) in [7, 11) is 3.59. The molecule has 0 aliphatic carbocycles. The predicted octanol–water partition coefficient (Wildman–Crippen LogP) is 1.07. The fourth-order valence-electron chi connectivity index (χ4n) is 2.70. The summed E-state index contributed by atoms with van der Waals surface area (Å²) >= 11 is 5.95. The van der Waals surface area contributed by atoms with Gasteiger partial charge in [-0.3, -0.25) is 9.59 Å². The Hall–Kier alpha value is -2.37. The normalized spacial score (nSPS) is 11.7. The van der Waals surface area contributed by atoms with Gasteiger partial charge in [-0.1, -0.05) is 35.9 Å². The van der Waals surface area contributed by atoms with Crippen molar-refractivity contribution in [3.05, 3.63) is 70.2 Å². The number of likely N-dealkylation sites (N-methyl/N-ethyl adjacent to an activating group) is 1. The Bertz CT molecular complexity index is 747. The van der Waals surface area contributed by atoms with Crippen LogP contribution in [-0.4, -0.2) is 39.0 Å². The highest BCUT2D eigenvalue weighted by Gasteiger charge is 2.11. The van der Waals surface area contributed by atoms with Gasteiger partial charge in [-0.2, -0.15) is 0 Å². The Labute approximate surface area is 159 Å². The number of hydrogen-bond donors (Lipinski definition) is 3. The summed E-state index contributed by atoms with van der Waals surface area (Å²) in [6.07, 6.45) is 0.756. The van der Waals surface area contributed by atoms with E-state index in [1.54, 1.807) is 19.2 Å². The number of nitrogens with one attached hydrogen (secondary N) is 3. The van der Waals surface area contributed by atoms with Crippen molar-refractivity contribution in [2.75, 3.05) is 27.2 Å². The zero-order chi connectivity index (χ0) is 18.9. The third-order valence-corrected chi connectivity index (χ3v) is 4.27. The van der Waals surface area contributed by atoms with E-state index >= 15 is 0 Å². The first-order valence-corrected chi connectivity index (χ1v) is 8.99. The van der Waals surface area contributed by atoms with Crippen molar-refractivity contribution in [3.63, 3.8) is 0 Å². The third kappa shape index (κ3) is 6.50. The van der Waals surface area contributed by atoms with E-state index in [-0.39, 0.29) is 11.8 Å². The van der Waals surface area contributed by atoms with Crippen LogP contribution in [0, 0.1) is 0 Å². The maximum Gasteiger partial charge on any atom is 0.275 e. The molecule has 2 amide bonds. The third-order valence-electron chi connectivity index (χ3n) is 4.04. The number of carbonyl (C=O) groups is 2. The lowest BCUT2D eigenvalue weighted by Crippen LogP contribution is -3.08. The van der Waals surface area contributed by atoms with Crippen molar-refractivity contribution in [1.29, 1.82) is 0 Å². The fourth-order valence-corrected chi connectivity index (χ4v) is 2.92. The fraction of sp³-hybridized carbons (Fsp3) is 0.300. The van der Waals surface area contributed by atoms with Gasteiger partial charge in [0.1, 0.15) is 6.54 Å². The second-order valence-electron chi connectivity index (χ2n) is 6.32. The number of carbonyl (C=O) groups excluding carboxylic acids is 2. The number of quaternary nitrogens is 1. The summed E-state index contributed by atoms with van der Waals surface area (Å²) in [6.45, 7) is 1.70. The summed E-state index contributed by atoms with van der Waals surface area (Å²) in [5.41, 5.74) is 2.82. The number of amides is 2. The molecule has 0 saturated carbocycles. The molecular weight excluding hydrogens is 350 g/mol. The zero-order valence-corrected chi connectivity index (χ0v) is 15.9. The van der Waals surface area contributed by atoms with Crippen LogP contribution in [-0.2, 0) is 17.8 Å². The van der Waals surface area contributed by atoms with Crippen LogP contribution in [0.3, 0.4) is 0 Å². The van der Waals surface area contributed by atoms with Crippen LogP contribution in [0.15, 0.2) is 48.5 Å².